The Morgan fingerprint density at radius 3 is 2.67 bits per heavy atom. The molecule has 0 amide bonds. The van der Waals surface area contributed by atoms with Crippen molar-refractivity contribution in [3.63, 3.8) is 0 Å². The highest BCUT2D eigenvalue weighted by atomic mass is 127. The van der Waals surface area contributed by atoms with Gasteiger partial charge in [-0.15, -0.1) is 24.0 Å². The second-order valence-corrected chi connectivity index (χ2v) is 6.68. The molecule has 2 aromatic heterocycles. The summed E-state index contributed by atoms with van der Waals surface area (Å²) in [4.78, 5) is 9.21. The van der Waals surface area contributed by atoms with Crippen molar-refractivity contribution in [1.29, 1.82) is 0 Å². The molecule has 3 heterocycles. The maximum Gasteiger partial charge on any atom is 0.194 e. The molecule has 1 saturated heterocycles. The molecule has 1 atom stereocenters. The second kappa shape index (κ2) is 10.1. The number of nitrogens with one attached hydrogen (secondary N) is 1. The average Bonchev–Trinajstić information content (AvgIpc) is 3.33. The first-order chi connectivity index (χ1) is 12.6. The Hall–Kier alpha value is -1.59. The third-order valence-corrected chi connectivity index (χ3v) is 4.47. The summed E-state index contributed by atoms with van der Waals surface area (Å²) < 4.78 is 10.2. The summed E-state index contributed by atoms with van der Waals surface area (Å²) in [6, 6.07) is 5.44. The Balaban J connectivity index is 0.00000261. The quantitative estimate of drug-likeness (QED) is 0.364. The van der Waals surface area contributed by atoms with Crippen molar-refractivity contribution in [2.24, 2.45) is 4.99 Å². The molecule has 2 N–H and O–H groups in total. The Morgan fingerprint density at radius 1 is 1.30 bits per heavy atom. The van der Waals surface area contributed by atoms with Crippen LogP contribution >= 0.6 is 24.0 Å². The van der Waals surface area contributed by atoms with Crippen molar-refractivity contribution in [2.45, 2.75) is 26.0 Å². The predicted octanol–water partition coefficient (Wildman–Crippen LogP) is 1.88. The maximum absolute atomic E-state index is 10.6. The van der Waals surface area contributed by atoms with E-state index in [1.54, 1.807) is 31.6 Å². The van der Waals surface area contributed by atoms with Crippen LogP contribution in [0.15, 0.2) is 44.7 Å². The summed E-state index contributed by atoms with van der Waals surface area (Å²) in [5.74, 6) is 1.34. The molecule has 0 radical (unpaired) electrons. The van der Waals surface area contributed by atoms with Gasteiger partial charge in [0.25, 0.3) is 0 Å². The molecule has 1 fully saturated rings. The molecule has 1 unspecified atom stereocenters. The third-order valence-electron chi connectivity index (χ3n) is 4.47. The van der Waals surface area contributed by atoms with Gasteiger partial charge in [0.1, 0.15) is 17.6 Å². The number of aliphatic hydroxyl groups is 1. The lowest BCUT2D eigenvalue weighted by molar-refractivity contribution is 0.0433. The molecule has 1 aliphatic heterocycles. The third kappa shape index (κ3) is 5.94. The molecule has 2 aromatic rings. The van der Waals surface area contributed by atoms with Crippen molar-refractivity contribution in [1.82, 2.24) is 20.3 Å². The molecule has 0 aliphatic carbocycles. The summed E-state index contributed by atoms with van der Waals surface area (Å²) in [6.45, 7) is 9.15. The monoisotopic (exact) mass is 489 g/mol. The van der Waals surface area contributed by atoms with Crippen LogP contribution in [0.4, 0.5) is 0 Å². The lowest BCUT2D eigenvalue weighted by Crippen LogP contribution is -2.52. The van der Waals surface area contributed by atoms with Crippen LogP contribution in [0.1, 0.15) is 25.3 Å². The molecule has 8 nitrogen and oxygen atoms in total. The van der Waals surface area contributed by atoms with Gasteiger partial charge in [-0.3, -0.25) is 4.90 Å². The van der Waals surface area contributed by atoms with Gasteiger partial charge in [0, 0.05) is 45.3 Å². The Kier molecular flexibility index (Phi) is 8.11. The second-order valence-electron chi connectivity index (χ2n) is 6.68. The van der Waals surface area contributed by atoms with Gasteiger partial charge in [-0.25, -0.2) is 4.99 Å². The van der Waals surface area contributed by atoms with Gasteiger partial charge in [-0.2, -0.15) is 0 Å². The summed E-state index contributed by atoms with van der Waals surface area (Å²) in [5, 5.41) is 17.9. The van der Waals surface area contributed by atoms with Crippen LogP contribution in [0.25, 0.3) is 0 Å². The van der Waals surface area contributed by atoms with Crippen molar-refractivity contribution < 1.29 is 14.0 Å². The molecule has 0 bridgehead atoms. The van der Waals surface area contributed by atoms with Crippen LogP contribution in [0, 0.1) is 0 Å². The summed E-state index contributed by atoms with van der Waals surface area (Å²) in [7, 11) is 0. The van der Waals surface area contributed by atoms with Crippen LogP contribution in [0.3, 0.4) is 0 Å². The van der Waals surface area contributed by atoms with Crippen LogP contribution < -0.4 is 5.32 Å². The molecular weight excluding hydrogens is 461 g/mol. The number of nitrogens with zero attached hydrogens (tertiary/aromatic N) is 4. The molecule has 0 saturated carbocycles. The SMILES string of the molecule is CCNC(=NCC(C)(O)c1ccco1)N1CCN(Cc2ccon2)CC1.I. The predicted molar refractivity (Wildman–Crippen MR) is 113 cm³/mol. The first-order valence-electron chi connectivity index (χ1n) is 9.00. The van der Waals surface area contributed by atoms with E-state index < -0.39 is 5.60 Å². The van der Waals surface area contributed by atoms with E-state index in [1.807, 2.05) is 13.0 Å². The van der Waals surface area contributed by atoms with Crippen molar-refractivity contribution in [3.05, 3.63) is 42.2 Å². The number of halogens is 1. The number of aromatic nitrogens is 1. The highest BCUT2D eigenvalue weighted by molar-refractivity contribution is 14.0. The highest BCUT2D eigenvalue weighted by Gasteiger charge is 2.27. The smallest absolute Gasteiger partial charge is 0.194 e. The van der Waals surface area contributed by atoms with Crippen LogP contribution in [-0.2, 0) is 12.1 Å². The number of hydrogen-bond acceptors (Lipinski definition) is 6. The normalized spacial score (nSPS) is 18.0. The van der Waals surface area contributed by atoms with Crippen molar-refractivity contribution in [2.75, 3.05) is 39.3 Å². The minimum Gasteiger partial charge on any atom is -0.466 e. The fourth-order valence-corrected chi connectivity index (χ4v) is 2.98. The zero-order valence-electron chi connectivity index (χ0n) is 15.8. The minimum atomic E-state index is -1.13. The van der Waals surface area contributed by atoms with E-state index in [4.69, 9.17) is 8.94 Å². The van der Waals surface area contributed by atoms with Crippen molar-refractivity contribution in [3.8, 4) is 0 Å². The summed E-state index contributed by atoms with van der Waals surface area (Å²) in [6.07, 6.45) is 3.17. The van der Waals surface area contributed by atoms with Gasteiger partial charge >= 0.3 is 0 Å². The van der Waals surface area contributed by atoms with E-state index in [9.17, 15) is 5.11 Å². The van der Waals surface area contributed by atoms with Gasteiger partial charge in [-0.05, 0) is 26.0 Å². The fourth-order valence-electron chi connectivity index (χ4n) is 2.98. The van der Waals surface area contributed by atoms with Gasteiger partial charge < -0.3 is 24.3 Å². The maximum atomic E-state index is 10.6. The Morgan fingerprint density at radius 2 is 2.07 bits per heavy atom. The zero-order chi connectivity index (χ0) is 18.4. The van der Waals surface area contributed by atoms with Crippen LogP contribution in [0.5, 0.6) is 0 Å². The number of guanidine groups is 1. The van der Waals surface area contributed by atoms with Gasteiger partial charge in [0.15, 0.2) is 5.96 Å². The average molecular weight is 489 g/mol. The molecular formula is C18H28IN5O3. The lowest BCUT2D eigenvalue weighted by atomic mass is 10.0. The number of piperazine rings is 1. The minimum absolute atomic E-state index is 0. The van der Waals surface area contributed by atoms with E-state index in [-0.39, 0.29) is 30.5 Å². The van der Waals surface area contributed by atoms with E-state index in [1.165, 1.54) is 0 Å². The largest absolute Gasteiger partial charge is 0.466 e. The first kappa shape index (κ1) is 21.7. The van der Waals surface area contributed by atoms with E-state index in [0.717, 1.165) is 50.9 Å². The molecule has 0 aromatic carbocycles. The fraction of sp³-hybridized carbons (Fsp3) is 0.556. The highest BCUT2D eigenvalue weighted by Crippen LogP contribution is 2.21. The molecule has 1 aliphatic rings. The van der Waals surface area contributed by atoms with Crippen LogP contribution in [-0.4, -0.2) is 65.3 Å². The molecule has 150 valence electrons. The lowest BCUT2D eigenvalue weighted by Gasteiger charge is -2.36. The number of rotatable bonds is 6. The zero-order valence-corrected chi connectivity index (χ0v) is 18.1. The van der Waals surface area contributed by atoms with Gasteiger partial charge in [0.2, 0.25) is 0 Å². The number of hydrogen-bond donors (Lipinski definition) is 2. The number of aliphatic imine (C=N–C) groups is 1. The topological polar surface area (TPSA) is 90.3 Å². The van der Waals surface area contributed by atoms with Crippen molar-refractivity contribution >= 4 is 29.9 Å². The standard InChI is InChI=1S/C18H27N5O3.HI/c1-3-19-17(20-14-18(2,24)16-5-4-11-25-16)23-9-7-22(8-10-23)13-15-6-12-26-21-15;/h4-6,11-12,24H,3,7-10,13-14H2,1-2H3,(H,19,20);1H. The summed E-state index contributed by atoms with van der Waals surface area (Å²) >= 11 is 0. The first-order valence-corrected chi connectivity index (χ1v) is 9.00. The molecule has 9 heteroatoms. The van der Waals surface area contributed by atoms with Crippen LogP contribution in [0.2, 0.25) is 0 Å². The Bertz CT molecular complexity index is 680. The Labute approximate surface area is 176 Å². The molecule has 3 rings (SSSR count). The molecule has 0 spiro atoms. The van der Waals surface area contributed by atoms with Gasteiger partial charge in [-0.1, -0.05) is 5.16 Å². The molecule has 27 heavy (non-hydrogen) atoms. The van der Waals surface area contributed by atoms with E-state index >= 15 is 0 Å². The number of furan rings is 1. The van der Waals surface area contributed by atoms with E-state index in [0.29, 0.717) is 5.76 Å². The van der Waals surface area contributed by atoms with E-state index in [2.05, 4.69) is 25.3 Å². The summed E-state index contributed by atoms with van der Waals surface area (Å²) in [5.41, 5.74) is -0.174. The van der Waals surface area contributed by atoms with Gasteiger partial charge in [0.05, 0.1) is 18.5 Å².